The van der Waals surface area contributed by atoms with Gasteiger partial charge in [0, 0.05) is 135 Å². The molecule has 0 spiro atoms. The van der Waals surface area contributed by atoms with E-state index in [0.717, 1.165) is 143 Å². The van der Waals surface area contributed by atoms with Crippen LogP contribution in [0.5, 0.6) is 0 Å². The predicted molar refractivity (Wildman–Crippen MR) is 440 cm³/mol. The fourth-order valence-corrected chi connectivity index (χ4v) is 18.8. The molecule has 5 N–H and O–H groups in total. The number of benzene rings is 6. The van der Waals surface area contributed by atoms with Crippen molar-refractivity contribution in [1.29, 1.82) is 0 Å². The minimum atomic E-state index is -0.137. The Morgan fingerprint density at radius 1 is 0.505 bits per heavy atom. The molecule has 103 heavy (non-hydrogen) atoms. The van der Waals surface area contributed by atoms with E-state index in [1.807, 2.05) is 48.9 Å². The highest BCUT2D eigenvalue weighted by Crippen LogP contribution is 2.43. The van der Waals surface area contributed by atoms with Crippen molar-refractivity contribution < 1.29 is 28.7 Å². The van der Waals surface area contributed by atoms with E-state index in [2.05, 4.69) is 223 Å². The number of esters is 2. The molecule has 536 valence electrons. The minimum Gasteiger partial charge on any atom is -0.469 e. The van der Waals surface area contributed by atoms with Crippen molar-refractivity contribution in [3.63, 3.8) is 0 Å². The molecule has 0 bridgehead atoms. The van der Waals surface area contributed by atoms with Crippen LogP contribution in [0.2, 0.25) is 0 Å². The Morgan fingerprint density at radius 3 is 1.48 bits per heavy atom. The number of rotatable bonds is 5. The molecule has 0 amide bonds. The van der Waals surface area contributed by atoms with Crippen LogP contribution >= 0.6 is 95.6 Å². The first kappa shape index (κ1) is 74.5. The van der Waals surface area contributed by atoms with Crippen LogP contribution in [0.1, 0.15) is 181 Å². The first-order chi connectivity index (χ1) is 49.9. The Bertz CT molecular complexity index is 5260. The number of aromatic nitrogens is 6. The van der Waals surface area contributed by atoms with Crippen molar-refractivity contribution in [1.82, 2.24) is 34.4 Å². The monoisotopic (exact) mass is 1760 g/mol. The number of nitrogens with zero attached hydrogens (tertiary/aromatic N) is 3. The number of carbonyl (C=O) groups excluding carboxylic acids is 3. The number of methoxy groups -OCH3 is 1. The Morgan fingerprint density at radius 2 is 0.942 bits per heavy atom. The minimum absolute atomic E-state index is 0.103. The number of fused-ring (bicyclic) bond motifs is 18. The summed E-state index contributed by atoms with van der Waals surface area (Å²) in [5.74, 6) is -0.379. The third-order valence-electron chi connectivity index (χ3n) is 21.2. The van der Waals surface area contributed by atoms with Gasteiger partial charge in [-0.15, -0.1) is 0 Å². The molecule has 6 heterocycles. The molecule has 0 saturated heterocycles. The Kier molecular flexibility index (Phi) is 23.8. The second kappa shape index (κ2) is 32.9. The summed E-state index contributed by atoms with van der Waals surface area (Å²) in [5.41, 5.74) is 24.8. The van der Waals surface area contributed by atoms with Crippen molar-refractivity contribution >= 4 is 190 Å². The van der Waals surface area contributed by atoms with E-state index in [1.165, 1.54) is 157 Å². The van der Waals surface area contributed by atoms with E-state index in [9.17, 15) is 14.4 Å². The molecule has 0 saturated carbocycles. The van der Waals surface area contributed by atoms with E-state index in [-0.39, 0.29) is 29.7 Å². The highest BCUT2D eigenvalue weighted by molar-refractivity contribution is 9.11. The molecule has 6 aliphatic carbocycles. The van der Waals surface area contributed by atoms with Gasteiger partial charge in [-0.25, -0.2) is 0 Å². The van der Waals surface area contributed by atoms with Gasteiger partial charge in [0.25, 0.3) is 0 Å². The number of hydrogen-bond donors (Lipinski definition) is 5. The number of carbonyl (C=O) groups is 3. The third kappa shape index (κ3) is 15.6. The summed E-state index contributed by atoms with van der Waals surface area (Å²) in [6.45, 7) is 8.14. The van der Waals surface area contributed by atoms with Gasteiger partial charge in [0.15, 0.2) is 0 Å². The number of H-pyrrole nitrogens is 4. The smallest absolute Gasteiger partial charge is 0.314 e. The number of ether oxygens (including phenoxy) is 2. The van der Waals surface area contributed by atoms with Crippen LogP contribution in [0.15, 0.2) is 148 Å². The molecule has 14 nitrogen and oxygen atoms in total. The molecule has 20 heteroatoms. The van der Waals surface area contributed by atoms with Crippen LogP contribution < -0.4 is 5.32 Å². The lowest BCUT2D eigenvalue weighted by Gasteiger charge is -2.21. The van der Waals surface area contributed by atoms with Crippen molar-refractivity contribution in [2.75, 3.05) is 27.9 Å². The van der Waals surface area contributed by atoms with Crippen LogP contribution in [0, 0.1) is 0 Å². The van der Waals surface area contributed by atoms with Gasteiger partial charge in [-0.3, -0.25) is 19.0 Å². The van der Waals surface area contributed by atoms with Gasteiger partial charge in [-0.05, 0) is 284 Å². The van der Waals surface area contributed by atoms with Gasteiger partial charge in [-0.1, -0.05) is 107 Å². The first-order valence-electron chi connectivity index (χ1n) is 35.9. The number of halogens is 6. The molecule has 6 aromatic carbocycles. The maximum atomic E-state index is 12.1. The normalized spacial score (nSPS) is 17.5. The quantitative estimate of drug-likeness (QED) is 0.0841. The van der Waals surface area contributed by atoms with Crippen molar-refractivity contribution in [2.45, 2.75) is 154 Å². The summed E-state index contributed by atoms with van der Waals surface area (Å²) in [7, 11) is 7.24. The van der Waals surface area contributed by atoms with Crippen LogP contribution in [-0.4, -0.2) is 80.5 Å². The van der Waals surface area contributed by atoms with Gasteiger partial charge >= 0.3 is 11.9 Å². The number of nitrogens with one attached hydrogen (secondary N) is 5. The molecule has 6 aliphatic rings. The lowest BCUT2D eigenvalue weighted by molar-refractivity contribution is -0.145. The molecule has 3 atom stereocenters. The van der Waals surface area contributed by atoms with Crippen molar-refractivity contribution in [3.8, 4) is 0 Å². The molecule has 0 radical (unpaired) electrons. The molecule has 6 aromatic heterocycles. The van der Waals surface area contributed by atoms with Crippen molar-refractivity contribution in [2.24, 2.45) is 12.2 Å². The highest BCUT2D eigenvalue weighted by Gasteiger charge is 2.33. The lowest BCUT2D eigenvalue weighted by atomic mass is 9.87. The maximum absolute atomic E-state index is 12.1. The number of hydrogen-bond acceptors (Lipinski definition) is 8. The van der Waals surface area contributed by atoms with Crippen LogP contribution in [0.4, 0.5) is 0 Å². The second-order valence-corrected chi connectivity index (χ2v) is 32.9. The van der Waals surface area contributed by atoms with Gasteiger partial charge < -0.3 is 44.1 Å². The van der Waals surface area contributed by atoms with Crippen LogP contribution in [-0.2, 0) is 75.9 Å². The zero-order chi connectivity index (χ0) is 72.3. The Balaban J connectivity index is 0.000000110. The van der Waals surface area contributed by atoms with E-state index in [4.69, 9.17) is 14.3 Å². The first-order valence-corrected chi connectivity index (χ1v) is 40.6. The SMILES string of the molecule is C=C1CCCc2c1n(C)c1ccc(Br)cc21.CC(=O)n1c2c(c3cc(Br)ccc31)CCCC2.CCOC(=O)C1CCCc2c1[nH]c1ccc(Br)cc21.CNC1CCCc2c1[nH]c1ccc(Br)cc21.CO/N=C1\CCCc2c1[nH]c1ccc(Br)cc21.COC(=O)C1CCCc2c1[nH]c1ccc(Br)cc21. The zero-order valence-corrected chi connectivity index (χ0v) is 68.5. The van der Waals surface area contributed by atoms with Gasteiger partial charge in [0.1, 0.15) is 12.8 Å². The summed E-state index contributed by atoms with van der Waals surface area (Å²) in [5, 5.41) is 15.2. The molecular weight excluding hydrogens is 1680 g/mol. The van der Waals surface area contributed by atoms with Gasteiger partial charge in [-0.2, -0.15) is 0 Å². The number of aromatic amines is 4. The largest absolute Gasteiger partial charge is 0.469 e. The number of allylic oxidation sites excluding steroid dienone is 1. The summed E-state index contributed by atoms with van der Waals surface area (Å²) >= 11 is 21.1. The maximum Gasteiger partial charge on any atom is 0.314 e. The molecular formula is C83H86Br6N8O6. The molecule has 18 rings (SSSR count). The average Bonchev–Trinajstić information content (AvgIpc) is 1.64. The standard InChI is InChI=1S/C15H16BrNO2.C14H14BrNO2.C14H14BrNO.C14H14BrN.C13H13BrN2O.C13H15BrN2/c1-2-19-15(18)11-5-3-4-10-12-8-9(16)6-7-13(12)17-14(10)11;1-18-14(17)10-4-2-3-9-11-7-8(15)5-6-12(11)16-13(9)10;1-9(17)16-13-5-3-2-4-11(13)12-8-10(15)6-7-14(12)16;1-9-4-3-5-11-12-8-10(15)6-7-13(12)16(2)14(9)11;1-17-16-12-4-2-3-9-10-7-8(14)5-6-11(10)15-13(9)12;1-15-12-4-2-3-9-10-7-8(14)5-6-11(10)16-13(9)12/h6-8,11,17H,2-5H2,1H3;5-7,10,16H,2-4H2,1H3;6-8H,2-5H2,1H3;6-8H,1,3-5H2,2H3;5-7,15H,2-4H2,1H3;5-7,12,15-16H,2-4H2,1H3/b;;;;16-12+;. The predicted octanol–water partition coefficient (Wildman–Crippen LogP) is 22.8. The van der Waals surface area contributed by atoms with E-state index >= 15 is 0 Å². The van der Waals surface area contributed by atoms with Gasteiger partial charge in [0.05, 0.1) is 36.8 Å². The Hall–Kier alpha value is -6.78. The van der Waals surface area contributed by atoms with Gasteiger partial charge in [0.2, 0.25) is 5.91 Å². The second-order valence-electron chi connectivity index (χ2n) is 27.4. The van der Waals surface area contributed by atoms with Crippen molar-refractivity contribution in [3.05, 3.63) is 210 Å². The molecule has 0 aliphatic heterocycles. The van der Waals surface area contributed by atoms with Crippen LogP contribution in [0.25, 0.3) is 71.0 Å². The lowest BCUT2D eigenvalue weighted by Crippen LogP contribution is -2.21. The summed E-state index contributed by atoms with van der Waals surface area (Å²) in [6.07, 6.45) is 20.9. The molecule has 3 unspecified atom stereocenters. The summed E-state index contributed by atoms with van der Waals surface area (Å²) in [4.78, 5) is 54.4. The fourth-order valence-electron chi connectivity index (χ4n) is 16.6. The fraction of sp³-hybridized carbons (Fsp3) is 0.349. The topological polar surface area (TPSA) is 176 Å². The summed E-state index contributed by atoms with van der Waals surface area (Å²) in [6, 6.07) is 38.4. The average molecular weight is 1770 g/mol. The molecule has 12 aromatic rings. The van der Waals surface area contributed by atoms with E-state index in [1.54, 1.807) is 14.0 Å². The third-order valence-corrected chi connectivity index (χ3v) is 24.1. The number of aryl methyl sites for hydroxylation is 7. The van der Waals surface area contributed by atoms with E-state index in [0.29, 0.717) is 12.6 Å². The summed E-state index contributed by atoms with van der Waals surface area (Å²) < 4.78 is 20.9. The Labute approximate surface area is 651 Å². The highest BCUT2D eigenvalue weighted by atomic mass is 79.9. The zero-order valence-electron chi connectivity index (χ0n) is 59.0. The van der Waals surface area contributed by atoms with E-state index < -0.39 is 0 Å². The molecule has 0 fully saturated rings. The number of oxime groups is 1. The van der Waals surface area contributed by atoms with Crippen LogP contribution in [0.3, 0.4) is 0 Å².